The first-order valence-electron chi connectivity index (χ1n) is 11.3. The number of halogens is 3. The molecule has 1 aromatic rings. The standard InChI is InChI=1S/C24H32F3NO4/c1-28(20-7-3-2-4-8-20)23(30)21-15-18(16-22(32-21)31-14-6-5-13-29)17-9-11-19(12-10-17)24(25,26)27/h9-12,15,18,20,22,29H,2-8,13-14,16H2,1H3/t18-,22+/m1/s1. The van der Waals surface area contributed by atoms with Gasteiger partial charge in [0.15, 0.2) is 5.76 Å². The fourth-order valence-electron chi connectivity index (χ4n) is 4.30. The minimum absolute atomic E-state index is 0.0683. The Kier molecular flexibility index (Phi) is 8.59. The van der Waals surface area contributed by atoms with E-state index in [-0.39, 0.29) is 30.2 Å². The lowest BCUT2D eigenvalue weighted by atomic mass is 9.91. The fraction of sp³-hybridized carbons (Fsp3) is 0.625. The number of amides is 1. The molecule has 2 aliphatic rings. The molecule has 1 N–H and O–H groups in total. The van der Waals surface area contributed by atoms with Gasteiger partial charge in [-0.05, 0) is 49.5 Å². The molecular weight excluding hydrogens is 423 g/mol. The summed E-state index contributed by atoms with van der Waals surface area (Å²) in [6, 6.07) is 5.18. The number of hydrogen-bond donors (Lipinski definition) is 1. The zero-order valence-electron chi connectivity index (χ0n) is 18.4. The SMILES string of the molecule is CN(C(=O)C1=C[C@@H](c2ccc(C(F)(F)F)cc2)C[C@@H](OCCCCO)O1)C1CCCCC1. The molecule has 1 saturated carbocycles. The van der Waals surface area contributed by atoms with E-state index in [9.17, 15) is 18.0 Å². The van der Waals surface area contributed by atoms with Crippen LogP contribution in [0, 0.1) is 0 Å². The average molecular weight is 456 g/mol. The van der Waals surface area contributed by atoms with Gasteiger partial charge in [-0.15, -0.1) is 0 Å². The molecule has 178 valence electrons. The van der Waals surface area contributed by atoms with Crippen LogP contribution in [0.3, 0.4) is 0 Å². The van der Waals surface area contributed by atoms with Crippen LogP contribution in [0.1, 0.15) is 68.4 Å². The van der Waals surface area contributed by atoms with Crippen LogP contribution in [0.15, 0.2) is 36.1 Å². The van der Waals surface area contributed by atoms with Gasteiger partial charge >= 0.3 is 6.18 Å². The van der Waals surface area contributed by atoms with E-state index in [1.54, 1.807) is 18.0 Å². The van der Waals surface area contributed by atoms with Crippen molar-refractivity contribution in [2.45, 2.75) is 75.8 Å². The summed E-state index contributed by atoms with van der Waals surface area (Å²) in [7, 11) is 1.78. The molecular formula is C24H32F3NO4. The average Bonchev–Trinajstić information content (AvgIpc) is 2.81. The molecule has 0 unspecified atom stereocenters. The second kappa shape index (κ2) is 11.2. The molecule has 0 saturated heterocycles. The summed E-state index contributed by atoms with van der Waals surface area (Å²) in [5.41, 5.74) is -0.0294. The van der Waals surface area contributed by atoms with Crippen LogP contribution >= 0.6 is 0 Å². The van der Waals surface area contributed by atoms with Gasteiger partial charge in [-0.2, -0.15) is 13.2 Å². The highest BCUT2D eigenvalue weighted by Gasteiger charge is 2.34. The molecule has 1 heterocycles. The highest BCUT2D eigenvalue weighted by atomic mass is 19.4. The lowest BCUT2D eigenvalue weighted by Gasteiger charge is -2.34. The van der Waals surface area contributed by atoms with Gasteiger partial charge in [-0.3, -0.25) is 4.79 Å². The maximum absolute atomic E-state index is 13.2. The number of hydrogen-bond acceptors (Lipinski definition) is 4. The molecule has 8 heteroatoms. The number of carbonyl (C=O) groups is 1. The number of aliphatic hydroxyl groups is 1. The van der Waals surface area contributed by atoms with Crippen molar-refractivity contribution in [2.24, 2.45) is 0 Å². The molecule has 5 nitrogen and oxygen atoms in total. The Labute approximate surface area is 187 Å². The minimum Gasteiger partial charge on any atom is -0.459 e. The van der Waals surface area contributed by atoms with Gasteiger partial charge in [0.2, 0.25) is 6.29 Å². The smallest absolute Gasteiger partial charge is 0.416 e. The third-order valence-corrected chi connectivity index (χ3v) is 6.23. The summed E-state index contributed by atoms with van der Waals surface area (Å²) in [5.74, 6) is -0.341. The van der Waals surface area contributed by atoms with Crippen molar-refractivity contribution in [2.75, 3.05) is 20.3 Å². The highest BCUT2D eigenvalue weighted by molar-refractivity contribution is 5.91. The number of aliphatic hydroxyl groups excluding tert-OH is 1. The van der Waals surface area contributed by atoms with Crippen LogP contribution in [0.4, 0.5) is 13.2 Å². The maximum Gasteiger partial charge on any atom is 0.416 e. The van der Waals surface area contributed by atoms with E-state index in [4.69, 9.17) is 14.6 Å². The van der Waals surface area contributed by atoms with E-state index >= 15 is 0 Å². The largest absolute Gasteiger partial charge is 0.459 e. The van der Waals surface area contributed by atoms with Crippen LogP contribution in [0.25, 0.3) is 0 Å². The second-order valence-corrected chi connectivity index (χ2v) is 8.55. The van der Waals surface area contributed by atoms with Crippen LogP contribution in [0.2, 0.25) is 0 Å². The topological polar surface area (TPSA) is 59.0 Å². The number of likely N-dealkylation sites (N-methyl/N-ethyl adjacent to an activating group) is 1. The summed E-state index contributed by atoms with van der Waals surface area (Å²) >= 11 is 0. The Hall–Kier alpha value is -2.06. The van der Waals surface area contributed by atoms with E-state index < -0.39 is 18.0 Å². The van der Waals surface area contributed by atoms with Crippen molar-refractivity contribution < 1.29 is 32.5 Å². The summed E-state index contributed by atoms with van der Waals surface area (Å²) in [4.78, 5) is 14.9. The Morgan fingerprint density at radius 2 is 1.84 bits per heavy atom. The predicted octanol–water partition coefficient (Wildman–Crippen LogP) is 5.00. The van der Waals surface area contributed by atoms with Crippen LogP contribution in [-0.2, 0) is 20.4 Å². The molecule has 1 aromatic carbocycles. The van der Waals surface area contributed by atoms with E-state index in [0.717, 1.165) is 37.8 Å². The molecule has 0 aromatic heterocycles. The first-order chi connectivity index (χ1) is 15.3. The number of alkyl halides is 3. The van der Waals surface area contributed by atoms with Gasteiger partial charge in [0.1, 0.15) is 0 Å². The number of ether oxygens (including phenoxy) is 2. The Morgan fingerprint density at radius 3 is 2.47 bits per heavy atom. The lowest BCUT2D eigenvalue weighted by Crippen LogP contribution is -2.41. The molecule has 2 atom stereocenters. The number of allylic oxidation sites excluding steroid dienone is 1. The molecule has 1 aliphatic carbocycles. The molecule has 1 fully saturated rings. The monoisotopic (exact) mass is 455 g/mol. The summed E-state index contributed by atoms with van der Waals surface area (Å²) in [5, 5.41) is 8.95. The van der Waals surface area contributed by atoms with Crippen molar-refractivity contribution in [1.82, 2.24) is 4.90 Å². The van der Waals surface area contributed by atoms with Gasteiger partial charge in [-0.25, -0.2) is 0 Å². The number of benzene rings is 1. The van der Waals surface area contributed by atoms with Crippen molar-refractivity contribution in [3.05, 3.63) is 47.2 Å². The van der Waals surface area contributed by atoms with Crippen molar-refractivity contribution in [1.29, 1.82) is 0 Å². The number of rotatable bonds is 8. The van der Waals surface area contributed by atoms with Crippen LogP contribution in [-0.4, -0.2) is 48.5 Å². The molecule has 1 amide bonds. The number of carbonyl (C=O) groups excluding carboxylic acids is 1. The summed E-state index contributed by atoms with van der Waals surface area (Å²) in [6.45, 7) is 0.434. The zero-order chi connectivity index (χ0) is 23.1. The molecule has 32 heavy (non-hydrogen) atoms. The predicted molar refractivity (Wildman–Crippen MR) is 114 cm³/mol. The van der Waals surface area contributed by atoms with Crippen LogP contribution < -0.4 is 0 Å². The molecule has 1 aliphatic heterocycles. The van der Waals surface area contributed by atoms with Crippen molar-refractivity contribution in [3.8, 4) is 0 Å². The Bertz CT molecular complexity index is 772. The van der Waals surface area contributed by atoms with E-state index in [0.29, 0.717) is 31.4 Å². The molecule has 3 rings (SSSR count). The first kappa shape index (κ1) is 24.6. The van der Waals surface area contributed by atoms with Crippen LogP contribution in [0.5, 0.6) is 0 Å². The number of unbranched alkanes of at least 4 members (excludes halogenated alkanes) is 1. The second-order valence-electron chi connectivity index (χ2n) is 8.55. The molecule has 0 radical (unpaired) electrons. The normalized spacial score (nSPS) is 22.2. The number of nitrogens with zero attached hydrogens (tertiary/aromatic N) is 1. The van der Waals surface area contributed by atoms with Crippen molar-refractivity contribution >= 4 is 5.91 Å². The quantitative estimate of drug-likeness (QED) is 0.561. The maximum atomic E-state index is 13.2. The van der Waals surface area contributed by atoms with Gasteiger partial charge in [-0.1, -0.05) is 31.4 Å². The third kappa shape index (κ3) is 6.48. The van der Waals surface area contributed by atoms with Gasteiger partial charge in [0, 0.05) is 32.0 Å². The lowest BCUT2D eigenvalue weighted by molar-refractivity contribution is -0.153. The summed E-state index contributed by atoms with van der Waals surface area (Å²) < 4.78 is 50.5. The summed E-state index contributed by atoms with van der Waals surface area (Å²) in [6.07, 6.45) is 3.55. The van der Waals surface area contributed by atoms with Gasteiger partial charge < -0.3 is 19.5 Å². The zero-order valence-corrected chi connectivity index (χ0v) is 18.4. The highest BCUT2D eigenvalue weighted by Crippen LogP contribution is 2.35. The van der Waals surface area contributed by atoms with Gasteiger partial charge in [0.05, 0.1) is 12.2 Å². The van der Waals surface area contributed by atoms with Gasteiger partial charge in [0.25, 0.3) is 5.91 Å². The van der Waals surface area contributed by atoms with Crippen molar-refractivity contribution in [3.63, 3.8) is 0 Å². The Balaban J connectivity index is 1.78. The van der Waals surface area contributed by atoms with E-state index in [1.165, 1.54) is 18.6 Å². The fourth-order valence-corrected chi connectivity index (χ4v) is 4.30. The Morgan fingerprint density at radius 1 is 1.16 bits per heavy atom. The molecule has 0 bridgehead atoms. The molecule has 0 spiro atoms. The first-order valence-corrected chi connectivity index (χ1v) is 11.3. The third-order valence-electron chi connectivity index (χ3n) is 6.23. The van der Waals surface area contributed by atoms with E-state index in [1.807, 2.05) is 0 Å². The van der Waals surface area contributed by atoms with E-state index in [2.05, 4.69) is 0 Å². The minimum atomic E-state index is -4.40.